The fraction of sp³-hybridized carbons (Fsp3) is 0. The first kappa shape index (κ1) is 19.0. The quantitative estimate of drug-likeness (QED) is 0.317. The van der Waals surface area contributed by atoms with Crippen LogP contribution in [0.5, 0.6) is 5.75 Å². The molecule has 0 aliphatic carbocycles. The first-order chi connectivity index (χ1) is 14.0. The Hall–Kier alpha value is -3.35. The number of hydrogen-bond acceptors (Lipinski definition) is 4. The van der Waals surface area contributed by atoms with Gasteiger partial charge in [0.2, 0.25) is 0 Å². The fourth-order valence-electron chi connectivity index (χ4n) is 2.91. The monoisotopic (exact) mass is 424 g/mol. The van der Waals surface area contributed by atoms with E-state index in [9.17, 15) is 9.90 Å². The molecule has 0 aliphatic rings. The van der Waals surface area contributed by atoms with Crippen LogP contribution in [0.4, 0.5) is 0 Å². The summed E-state index contributed by atoms with van der Waals surface area (Å²) in [5.74, 6) is -0.418. The van der Waals surface area contributed by atoms with Crippen LogP contribution in [0.3, 0.4) is 0 Å². The van der Waals surface area contributed by atoms with Crippen LogP contribution in [0.25, 0.3) is 22.0 Å². The van der Waals surface area contributed by atoms with Gasteiger partial charge in [-0.1, -0.05) is 53.5 Å². The second kappa shape index (κ2) is 7.95. The van der Waals surface area contributed by atoms with E-state index in [2.05, 4.69) is 20.7 Å². The number of nitrogens with one attached hydrogen (secondary N) is 2. The molecule has 0 bridgehead atoms. The molecule has 0 spiro atoms. The van der Waals surface area contributed by atoms with Crippen LogP contribution in [0, 0.1) is 0 Å². The molecule has 3 N–H and O–H groups in total. The van der Waals surface area contributed by atoms with E-state index in [4.69, 9.17) is 23.2 Å². The summed E-state index contributed by atoms with van der Waals surface area (Å²) in [6, 6.07) is 17.5. The zero-order chi connectivity index (χ0) is 20.4. The number of benzene rings is 3. The maximum absolute atomic E-state index is 12.4. The van der Waals surface area contributed by atoms with Gasteiger partial charge < -0.3 is 5.11 Å². The van der Waals surface area contributed by atoms with Crippen LogP contribution in [-0.4, -0.2) is 27.4 Å². The molecule has 6 nitrogen and oxygen atoms in total. The Kier molecular flexibility index (Phi) is 5.20. The third kappa shape index (κ3) is 3.94. The number of phenols is 1. The predicted octanol–water partition coefficient (Wildman–Crippen LogP) is 5.01. The van der Waals surface area contributed by atoms with Crippen LogP contribution in [0.2, 0.25) is 10.0 Å². The number of halogens is 2. The number of aromatic hydroxyl groups is 1. The lowest BCUT2D eigenvalue weighted by molar-refractivity contribution is 0.0950. The molecule has 29 heavy (non-hydrogen) atoms. The molecule has 1 amide bonds. The number of fused-ring (bicyclic) bond motifs is 1. The van der Waals surface area contributed by atoms with Crippen molar-refractivity contribution in [2.75, 3.05) is 0 Å². The molecule has 0 saturated carbocycles. The average molecular weight is 425 g/mol. The molecule has 0 saturated heterocycles. The minimum absolute atomic E-state index is 0.0705. The molecule has 1 aromatic heterocycles. The molecule has 3 aromatic carbocycles. The van der Waals surface area contributed by atoms with Gasteiger partial charge in [-0.2, -0.15) is 10.2 Å². The van der Waals surface area contributed by atoms with Gasteiger partial charge >= 0.3 is 0 Å². The summed E-state index contributed by atoms with van der Waals surface area (Å²) in [4.78, 5) is 12.4. The van der Waals surface area contributed by atoms with E-state index < -0.39 is 5.91 Å². The Morgan fingerprint density at radius 3 is 2.79 bits per heavy atom. The van der Waals surface area contributed by atoms with Gasteiger partial charge in [-0.25, -0.2) is 5.43 Å². The van der Waals surface area contributed by atoms with Gasteiger partial charge in [-0.3, -0.25) is 9.89 Å². The van der Waals surface area contributed by atoms with Gasteiger partial charge in [0.1, 0.15) is 11.4 Å². The summed E-state index contributed by atoms with van der Waals surface area (Å²) in [5, 5.41) is 23.6. The first-order valence-corrected chi connectivity index (χ1v) is 9.33. The molecule has 0 fully saturated rings. The number of carbonyl (C=O) groups excluding carboxylic acids is 1. The number of hydrazone groups is 1. The number of H-pyrrole nitrogens is 1. The lowest BCUT2D eigenvalue weighted by atomic mass is 10.0. The van der Waals surface area contributed by atoms with E-state index in [1.54, 1.807) is 30.3 Å². The normalized spacial score (nSPS) is 11.2. The Morgan fingerprint density at radius 2 is 1.93 bits per heavy atom. The highest BCUT2D eigenvalue weighted by Gasteiger charge is 2.13. The molecule has 8 heteroatoms. The van der Waals surface area contributed by atoms with Crippen molar-refractivity contribution in [3.63, 3.8) is 0 Å². The van der Waals surface area contributed by atoms with Crippen molar-refractivity contribution >= 4 is 46.1 Å². The van der Waals surface area contributed by atoms with Crippen LogP contribution in [-0.2, 0) is 0 Å². The number of aromatic amines is 1. The van der Waals surface area contributed by atoms with Gasteiger partial charge in [0.15, 0.2) is 0 Å². The Labute approximate surface area is 175 Å². The number of rotatable bonds is 4. The highest BCUT2D eigenvalue weighted by Crippen LogP contribution is 2.29. The summed E-state index contributed by atoms with van der Waals surface area (Å²) >= 11 is 12.2. The summed E-state index contributed by atoms with van der Waals surface area (Å²) in [6.07, 6.45) is 1.40. The highest BCUT2D eigenvalue weighted by atomic mass is 35.5. The smallest absolute Gasteiger partial charge is 0.289 e. The lowest BCUT2D eigenvalue weighted by Crippen LogP contribution is -2.18. The van der Waals surface area contributed by atoms with Crippen molar-refractivity contribution in [3.05, 3.63) is 82.0 Å². The number of amides is 1. The summed E-state index contributed by atoms with van der Waals surface area (Å²) in [7, 11) is 0. The van der Waals surface area contributed by atoms with Crippen LogP contribution >= 0.6 is 23.2 Å². The van der Waals surface area contributed by atoms with Gasteiger partial charge in [0.25, 0.3) is 5.91 Å². The van der Waals surface area contributed by atoms with E-state index >= 15 is 0 Å². The number of aromatic nitrogens is 2. The minimum atomic E-state index is -0.488. The van der Waals surface area contributed by atoms with Crippen molar-refractivity contribution in [1.29, 1.82) is 0 Å². The molecule has 0 atom stereocenters. The summed E-state index contributed by atoms with van der Waals surface area (Å²) in [6.45, 7) is 0. The molecule has 0 aliphatic heterocycles. The second-order valence-electron chi connectivity index (χ2n) is 6.21. The second-order valence-corrected chi connectivity index (χ2v) is 7.05. The van der Waals surface area contributed by atoms with E-state index in [-0.39, 0.29) is 11.4 Å². The van der Waals surface area contributed by atoms with Crippen LogP contribution in [0.15, 0.2) is 65.8 Å². The zero-order valence-corrected chi connectivity index (χ0v) is 16.4. The Balaban J connectivity index is 1.54. The Morgan fingerprint density at radius 1 is 1.10 bits per heavy atom. The standard InChI is InChI=1S/C21H14Cl2N4O2/c22-13-6-7-17(23)15(9-13)18-10-19(26-25-18)21(29)27-24-11-16-14-4-2-1-3-12(14)5-8-20(16)28/h1-11,28H,(H,25,26)(H,27,29)/b24-11-. The SMILES string of the molecule is O=C(N/N=C\c1c(O)ccc2ccccc12)c1cc(-c2cc(Cl)ccc2Cl)n[nH]1. The molecule has 0 unspecified atom stereocenters. The number of nitrogens with zero attached hydrogens (tertiary/aromatic N) is 2. The van der Waals surface area contributed by atoms with E-state index in [1.165, 1.54) is 6.21 Å². The van der Waals surface area contributed by atoms with E-state index in [1.807, 2.05) is 30.3 Å². The van der Waals surface area contributed by atoms with E-state index in [0.717, 1.165) is 10.8 Å². The topological polar surface area (TPSA) is 90.4 Å². The number of carbonyl (C=O) groups is 1. The molecular formula is C21H14Cl2N4O2. The van der Waals surface area contributed by atoms with Gasteiger partial charge in [-0.05, 0) is 41.1 Å². The van der Waals surface area contributed by atoms with Crippen molar-refractivity contribution in [3.8, 4) is 17.0 Å². The predicted molar refractivity (Wildman–Crippen MR) is 115 cm³/mol. The number of hydrogen-bond donors (Lipinski definition) is 3. The van der Waals surface area contributed by atoms with Crippen LogP contribution in [0.1, 0.15) is 16.1 Å². The third-order valence-corrected chi connectivity index (χ3v) is 4.90. The van der Waals surface area contributed by atoms with Crippen molar-refractivity contribution in [1.82, 2.24) is 15.6 Å². The third-order valence-electron chi connectivity index (χ3n) is 4.33. The zero-order valence-electron chi connectivity index (χ0n) is 14.9. The van der Waals surface area contributed by atoms with Crippen LogP contribution < -0.4 is 5.43 Å². The minimum Gasteiger partial charge on any atom is -0.507 e. The van der Waals surface area contributed by atoms with Gasteiger partial charge in [0, 0.05) is 16.1 Å². The highest BCUT2D eigenvalue weighted by molar-refractivity contribution is 6.35. The first-order valence-electron chi connectivity index (χ1n) is 8.58. The van der Waals surface area contributed by atoms with E-state index in [0.29, 0.717) is 26.9 Å². The molecule has 4 aromatic rings. The molecule has 144 valence electrons. The summed E-state index contributed by atoms with van der Waals surface area (Å²) in [5.41, 5.74) is 4.23. The van der Waals surface area contributed by atoms with Gasteiger partial charge in [0.05, 0.1) is 16.9 Å². The maximum atomic E-state index is 12.4. The lowest BCUT2D eigenvalue weighted by Gasteiger charge is -2.04. The average Bonchev–Trinajstić information content (AvgIpc) is 3.21. The van der Waals surface area contributed by atoms with Crippen molar-refractivity contribution in [2.45, 2.75) is 0 Å². The summed E-state index contributed by atoms with van der Waals surface area (Å²) < 4.78 is 0. The molecular weight excluding hydrogens is 411 g/mol. The molecule has 1 heterocycles. The van der Waals surface area contributed by atoms with Crippen molar-refractivity contribution in [2.24, 2.45) is 5.10 Å². The Bertz CT molecular complexity index is 1250. The molecule has 4 rings (SSSR count). The van der Waals surface area contributed by atoms with Gasteiger partial charge in [-0.15, -0.1) is 0 Å². The number of phenolic OH excluding ortho intramolecular Hbond substituents is 1. The largest absolute Gasteiger partial charge is 0.507 e. The molecule has 0 radical (unpaired) electrons. The maximum Gasteiger partial charge on any atom is 0.289 e. The van der Waals surface area contributed by atoms with Crippen molar-refractivity contribution < 1.29 is 9.90 Å². The fourth-order valence-corrected chi connectivity index (χ4v) is 3.29.